The zero-order chi connectivity index (χ0) is 19.1. The highest BCUT2D eigenvalue weighted by Crippen LogP contribution is 2.37. The second-order valence-electron chi connectivity index (χ2n) is 6.37. The monoisotopic (exact) mass is 385 g/mol. The molecule has 27 heavy (non-hydrogen) atoms. The second kappa shape index (κ2) is 6.68. The van der Waals surface area contributed by atoms with Crippen LogP contribution in [-0.4, -0.2) is 15.5 Å². The second-order valence-corrected chi connectivity index (χ2v) is 6.81. The molecule has 3 N–H and O–H groups in total. The van der Waals surface area contributed by atoms with Gasteiger partial charge in [0.05, 0.1) is 11.7 Å². The Balaban J connectivity index is 1.90. The number of halogens is 2. The quantitative estimate of drug-likeness (QED) is 0.534. The van der Waals surface area contributed by atoms with Crippen molar-refractivity contribution in [3.8, 4) is 11.3 Å². The maximum absolute atomic E-state index is 13.4. The third kappa shape index (κ3) is 3.15. The first kappa shape index (κ1) is 17.5. The molecule has 138 valence electrons. The molecule has 2 heterocycles. The van der Waals surface area contributed by atoms with Crippen LogP contribution in [0.4, 0.5) is 15.9 Å². The minimum absolute atomic E-state index is 0.102. The molecule has 8 heteroatoms. The number of hydrogen-bond acceptors (Lipinski definition) is 4. The number of imidazole rings is 1. The van der Waals surface area contributed by atoms with Crippen molar-refractivity contribution < 1.29 is 9.18 Å². The Bertz CT molecular complexity index is 1000. The van der Waals surface area contributed by atoms with Crippen molar-refractivity contribution in [2.45, 2.75) is 19.5 Å². The summed E-state index contributed by atoms with van der Waals surface area (Å²) in [6, 6.07) is 12.8. The zero-order valence-corrected chi connectivity index (χ0v) is 15.2. The minimum atomic E-state index is -0.336. The van der Waals surface area contributed by atoms with E-state index in [0.29, 0.717) is 33.6 Å². The van der Waals surface area contributed by atoms with Crippen molar-refractivity contribution in [1.29, 1.82) is 0 Å². The highest BCUT2D eigenvalue weighted by Gasteiger charge is 2.30. The number of nitrogens with one attached hydrogen (secondary N) is 1. The number of nitrogens with two attached hydrogens (primary N) is 1. The average Bonchev–Trinajstić information content (AvgIpc) is 3.02. The van der Waals surface area contributed by atoms with Crippen LogP contribution >= 0.6 is 11.6 Å². The number of aromatic nitrogens is 2. The summed E-state index contributed by atoms with van der Waals surface area (Å²) in [6.07, 6.45) is 0. The van der Waals surface area contributed by atoms with Gasteiger partial charge in [0.1, 0.15) is 23.9 Å². The lowest BCUT2D eigenvalue weighted by atomic mass is 10.1. The first-order valence-electron chi connectivity index (χ1n) is 8.40. The maximum Gasteiger partial charge on any atom is 0.240 e. The number of fused-ring (bicyclic) bond motifs is 1. The van der Waals surface area contributed by atoms with Gasteiger partial charge in [-0.1, -0.05) is 11.6 Å². The van der Waals surface area contributed by atoms with Gasteiger partial charge in [-0.2, -0.15) is 0 Å². The van der Waals surface area contributed by atoms with Gasteiger partial charge in [-0.15, -0.1) is 0 Å². The molecule has 3 aromatic rings. The van der Waals surface area contributed by atoms with E-state index in [4.69, 9.17) is 22.4 Å². The molecule has 0 unspecified atom stereocenters. The highest BCUT2D eigenvalue weighted by atomic mass is 35.5. The summed E-state index contributed by atoms with van der Waals surface area (Å²) in [5.41, 5.74) is 1.97. The van der Waals surface area contributed by atoms with E-state index in [2.05, 4.69) is 5.32 Å². The average molecular weight is 386 g/mol. The summed E-state index contributed by atoms with van der Waals surface area (Å²) in [4.78, 5) is 16.8. The van der Waals surface area contributed by atoms with Crippen molar-refractivity contribution in [2.75, 3.05) is 5.01 Å². The standard InChI is InChI=1S/C19H17ClFN5O/c1-11-18-24-17(12-2-6-14(21)7-3-12)19(25(18)10-16(27)23-11)26(22)15-8-4-13(20)5-9-15/h2-9,11H,10,22H2,1H3,(H,23,27)/t11-/m0/s1. The van der Waals surface area contributed by atoms with Gasteiger partial charge in [0.25, 0.3) is 0 Å². The largest absolute Gasteiger partial charge is 0.345 e. The number of hydrogen-bond donors (Lipinski definition) is 2. The zero-order valence-electron chi connectivity index (χ0n) is 14.5. The van der Waals surface area contributed by atoms with E-state index in [1.165, 1.54) is 17.1 Å². The van der Waals surface area contributed by atoms with Gasteiger partial charge in [0.15, 0.2) is 5.82 Å². The topological polar surface area (TPSA) is 76.2 Å². The number of carbonyl (C=O) groups excluding carboxylic acids is 1. The van der Waals surface area contributed by atoms with Gasteiger partial charge in [-0.05, 0) is 55.5 Å². The Morgan fingerprint density at radius 2 is 1.89 bits per heavy atom. The van der Waals surface area contributed by atoms with Crippen LogP contribution < -0.4 is 16.2 Å². The third-order valence-electron chi connectivity index (χ3n) is 4.49. The molecule has 0 saturated carbocycles. The summed E-state index contributed by atoms with van der Waals surface area (Å²) in [6.45, 7) is 1.96. The first-order valence-corrected chi connectivity index (χ1v) is 8.78. The predicted molar refractivity (Wildman–Crippen MR) is 102 cm³/mol. The molecular weight excluding hydrogens is 369 g/mol. The lowest BCUT2D eigenvalue weighted by molar-refractivity contribution is -0.123. The number of anilines is 2. The van der Waals surface area contributed by atoms with Gasteiger partial charge in [-0.3, -0.25) is 9.80 Å². The Hall–Kier alpha value is -2.90. The van der Waals surface area contributed by atoms with Gasteiger partial charge in [-0.25, -0.2) is 15.2 Å². The fourth-order valence-corrected chi connectivity index (χ4v) is 3.34. The van der Waals surface area contributed by atoms with Crippen molar-refractivity contribution in [2.24, 2.45) is 5.84 Å². The van der Waals surface area contributed by atoms with E-state index in [1.54, 1.807) is 41.0 Å². The van der Waals surface area contributed by atoms with E-state index in [-0.39, 0.29) is 24.3 Å². The molecule has 0 radical (unpaired) electrons. The Labute approximate surface area is 160 Å². The van der Waals surface area contributed by atoms with E-state index in [0.717, 1.165) is 0 Å². The fraction of sp³-hybridized carbons (Fsp3) is 0.158. The third-order valence-corrected chi connectivity index (χ3v) is 4.74. The molecule has 6 nitrogen and oxygen atoms in total. The van der Waals surface area contributed by atoms with Crippen molar-refractivity contribution in [1.82, 2.24) is 14.9 Å². The number of carbonyl (C=O) groups is 1. The SMILES string of the molecule is C[C@@H]1NC(=O)Cn2c1nc(-c1ccc(F)cc1)c2N(N)c1ccc(Cl)cc1. The lowest BCUT2D eigenvalue weighted by Gasteiger charge is -2.26. The summed E-state index contributed by atoms with van der Waals surface area (Å²) >= 11 is 5.97. The van der Waals surface area contributed by atoms with Gasteiger partial charge < -0.3 is 9.88 Å². The minimum Gasteiger partial charge on any atom is -0.345 e. The lowest BCUT2D eigenvalue weighted by Crippen LogP contribution is -2.39. The normalized spacial score (nSPS) is 16.0. The van der Waals surface area contributed by atoms with Gasteiger partial charge in [0.2, 0.25) is 5.91 Å². The first-order chi connectivity index (χ1) is 12.9. The van der Waals surface area contributed by atoms with Crippen LogP contribution in [0, 0.1) is 5.82 Å². The molecule has 0 saturated heterocycles. The van der Waals surface area contributed by atoms with Gasteiger partial charge in [0, 0.05) is 10.6 Å². The molecule has 0 bridgehead atoms. The molecule has 0 fully saturated rings. The molecular formula is C19H17ClFN5O. The van der Waals surface area contributed by atoms with Crippen LogP contribution in [0.2, 0.25) is 5.02 Å². The number of nitrogens with zero attached hydrogens (tertiary/aromatic N) is 3. The molecule has 1 amide bonds. The maximum atomic E-state index is 13.4. The van der Waals surface area contributed by atoms with Crippen LogP contribution in [0.15, 0.2) is 48.5 Å². The van der Waals surface area contributed by atoms with Crippen LogP contribution in [0.25, 0.3) is 11.3 Å². The molecule has 2 aromatic carbocycles. The summed E-state index contributed by atoms with van der Waals surface area (Å²) < 4.78 is 15.2. The number of hydrazine groups is 1. The Morgan fingerprint density at radius 3 is 2.56 bits per heavy atom. The van der Waals surface area contributed by atoms with E-state index in [1.807, 2.05) is 6.92 Å². The Morgan fingerprint density at radius 1 is 1.22 bits per heavy atom. The summed E-state index contributed by atoms with van der Waals surface area (Å²) in [5.74, 6) is 7.20. The smallest absolute Gasteiger partial charge is 0.240 e. The molecule has 0 aliphatic carbocycles. The van der Waals surface area contributed by atoms with Crippen LogP contribution in [0.5, 0.6) is 0 Å². The summed E-state index contributed by atoms with van der Waals surface area (Å²) in [7, 11) is 0. The Kier molecular flexibility index (Phi) is 4.33. The van der Waals surface area contributed by atoms with Crippen LogP contribution in [0.1, 0.15) is 18.8 Å². The molecule has 1 aromatic heterocycles. The van der Waals surface area contributed by atoms with Crippen molar-refractivity contribution >= 4 is 29.0 Å². The summed E-state index contributed by atoms with van der Waals surface area (Å²) in [5, 5.41) is 4.92. The van der Waals surface area contributed by atoms with Crippen molar-refractivity contribution in [3.05, 3.63) is 65.2 Å². The number of amides is 1. The van der Waals surface area contributed by atoms with Crippen molar-refractivity contribution in [3.63, 3.8) is 0 Å². The van der Waals surface area contributed by atoms with E-state index in [9.17, 15) is 9.18 Å². The molecule has 1 aliphatic heterocycles. The highest BCUT2D eigenvalue weighted by molar-refractivity contribution is 6.30. The van der Waals surface area contributed by atoms with E-state index >= 15 is 0 Å². The predicted octanol–water partition coefficient (Wildman–Crippen LogP) is 3.55. The number of benzene rings is 2. The molecule has 1 aliphatic rings. The molecule has 4 rings (SSSR count). The molecule has 0 spiro atoms. The number of rotatable bonds is 3. The fourth-order valence-electron chi connectivity index (χ4n) is 3.21. The van der Waals surface area contributed by atoms with Gasteiger partial charge >= 0.3 is 0 Å². The van der Waals surface area contributed by atoms with E-state index < -0.39 is 0 Å². The van der Waals surface area contributed by atoms with Crippen LogP contribution in [0.3, 0.4) is 0 Å². The van der Waals surface area contributed by atoms with Crippen LogP contribution in [-0.2, 0) is 11.3 Å². The molecule has 1 atom stereocenters.